The molecule has 0 aliphatic heterocycles. The Labute approximate surface area is 170 Å². The molecule has 0 spiro atoms. The first-order chi connectivity index (χ1) is 14.0. The lowest BCUT2D eigenvalue weighted by Crippen LogP contribution is -2.07. The van der Waals surface area contributed by atoms with E-state index in [0.717, 1.165) is 22.4 Å². The summed E-state index contributed by atoms with van der Waals surface area (Å²) in [5.74, 6) is 0.392. The number of carboxylic acids is 1. The van der Waals surface area contributed by atoms with Crippen LogP contribution in [0, 0.1) is 13.8 Å². The first kappa shape index (κ1) is 20.3. The van der Waals surface area contributed by atoms with E-state index in [-0.39, 0.29) is 5.56 Å². The van der Waals surface area contributed by atoms with Gasteiger partial charge in [-0.2, -0.15) is 0 Å². The summed E-state index contributed by atoms with van der Waals surface area (Å²) in [5, 5.41) is 12.6. The van der Waals surface area contributed by atoms with E-state index in [1.807, 2.05) is 43.3 Å². The van der Waals surface area contributed by atoms with Gasteiger partial charge in [0.25, 0.3) is 0 Å². The maximum atomic E-state index is 11.3. The van der Waals surface area contributed by atoms with Gasteiger partial charge in [-0.05, 0) is 48.7 Å². The van der Waals surface area contributed by atoms with Gasteiger partial charge >= 0.3 is 5.97 Å². The van der Waals surface area contributed by atoms with Crippen LogP contribution in [-0.4, -0.2) is 18.2 Å². The molecule has 5 nitrogen and oxygen atoms in total. The van der Waals surface area contributed by atoms with Crippen LogP contribution in [0.2, 0.25) is 0 Å². The molecule has 0 saturated heterocycles. The molecule has 0 radical (unpaired) electrons. The number of carbonyl (C=O) groups is 1. The Bertz CT molecular complexity index is 1010. The van der Waals surface area contributed by atoms with Crippen LogP contribution < -0.4 is 14.8 Å². The Balaban J connectivity index is 1.82. The third-order valence-electron chi connectivity index (χ3n) is 4.87. The molecule has 0 unspecified atom stereocenters. The molecule has 29 heavy (non-hydrogen) atoms. The Morgan fingerprint density at radius 3 is 2.45 bits per heavy atom. The Morgan fingerprint density at radius 2 is 1.72 bits per heavy atom. The minimum atomic E-state index is -0.948. The fourth-order valence-corrected chi connectivity index (χ4v) is 3.08. The highest BCUT2D eigenvalue weighted by Gasteiger charge is 2.13. The number of hydrogen-bond acceptors (Lipinski definition) is 4. The second-order valence-corrected chi connectivity index (χ2v) is 6.85. The van der Waals surface area contributed by atoms with E-state index >= 15 is 0 Å². The van der Waals surface area contributed by atoms with Gasteiger partial charge in [-0.15, -0.1) is 0 Å². The predicted molar refractivity (Wildman–Crippen MR) is 114 cm³/mol. The van der Waals surface area contributed by atoms with Gasteiger partial charge in [0, 0.05) is 17.8 Å². The maximum absolute atomic E-state index is 11.3. The van der Waals surface area contributed by atoms with Crippen LogP contribution in [0.5, 0.6) is 11.5 Å². The number of para-hydroxylation sites is 1. The third-order valence-corrected chi connectivity index (χ3v) is 4.87. The monoisotopic (exact) mass is 391 g/mol. The largest absolute Gasteiger partial charge is 0.493 e. The summed E-state index contributed by atoms with van der Waals surface area (Å²) in [6.45, 7) is 4.91. The Hall–Kier alpha value is -3.47. The molecule has 0 aliphatic rings. The predicted octanol–water partition coefficient (Wildman–Crippen LogP) is 5.20. The summed E-state index contributed by atoms with van der Waals surface area (Å²) in [5.41, 5.74) is 5.21. The van der Waals surface area contributed by atoms with Crippen molar-refractivity contribution in [2.45, 2.75) is 27.0 Å². The number of rotatable bonds is 8. The summed E-state index contributed by atoms with van der Waals surface area (Å²) in [7, 11) is 1.62. The van der Waals surface area contributed by atoms with Crippen molar-refractivity contribution in [1.82, 2.24) is 0 Å². The molecular weight excluding hydrogens is 366 g/mol. The summed E-state index contributed by atoms with van der Waals surface area (Å²) in [6.07, 6.45) is 0. The normalized spacial score (nSPS) is 10.4. The van der Waals surface area contributed by atoms with Crippen LogP contribution in [0.1, 0.15) is 32.6 Å². The lowest BCUT2D eigenvalue weighted by atomic mass is 10.1. The van der Waals surface area contributed by atoms with Gasteiger partial charge in [0.05, 0.1) is 12.7 Å². The van der Waals surface area contributed by atoms with Crippen molar-refractivity contribution in [2.24, 2.45) is 0 Å². The Kier molecular flexibility index (Phi) is 6.39. The third kappa shape index (κ3) is 4.88. The number of carboxylic acid groups (broad SMARTS) is 1. The first-order valence-corrected chi connectivity index (χ1v) is 9.40. The summed E-state index contributed by atoms with van der Waals surface area (Å²) < 4.78 is 11.6. The van der Waals surface area contributed by atoms with Gasteiger partial charge in [0.15, 0.2) is 11.5 Å². The average molecular weight is 391 g/mol. The lowest BCUT2D eigenvalue weighted by Gasteiger charge is -2.17. The van der Waals surface area contributed by atoms with E-state index in [2.05, 4.69) is 18.3 Å². The molecule has 0 bridgehead atoms. The van der Waals surface area contributed by atoms with Crippen LogP contribution >= 0.6 is 0 Å². The number of benzene rings is 3. The van der Waals surface area contributed by atoms with Crippen molar-refractivity contribution in [3.8, 4) is 11.5 Å². The molecular formula is C24H25NO4. The molecule has 150 valence electrons. The molecule has 0 heterocycles. The molecule has 5 heteroatoms. The topological polar surface area (TPSA) is 67.8 Å². The fraction of sp³-hybridized carbons (Fsp3) is 0.208. The zero-order chi connectivity index (χ0) is 20.8. The lowest BCUT2D eigenvalue weighted by molar-refractivity contribution is 0.0697. The summed E-state index contributed by atoms with van der Waals surface area (Å²) in [4.78, 5) is 11.3. The zero-order valence-corrected chi connectivity index (χ0v) is 16.9. The fourth-order valence-electron chi connectivity index (χ4n) is 3.08. The van der Waals surface area contributed by atoms with E-state index in [9.17, 15) is 9.90 Å². The number of aryl methyl sites for hydroxylation is 2. The van der Waals surface area contributed by atoms with Gasteiger partial charge in [0.1, 0.15) is 6.61 Å². The van der Waals surface area contributed by atoms with E-state index in [4.69, 9.17) is 9.47 Å². The Morgan fingerprint density at radius 1 is 0.966 bits per heavy atom. The van der Waals surface area contributed by atoms with E-state index in [1.54, 1.807) is 25.3 Å². The van der Waals surface area contributed by atoms with Crippen LogP contribution in [0.4, 0.5) is 5.69 Å². The quantitative estimate of drug-likeness (QED) is 0.552. The second-order valence-electron chi connectivity index (χ2n) is 6.85. The number of nitrogens with one attached hydrogen (secondary N) is 1. The molecule has 3 rings (SSSR count). The first-order valence-electron chi connectivity index (χ1n) is 9.40. The highest BCUT2D eigenvalue weighted by Crippen LogP contribution is 2.33. The summed E-state index contributed by atoms with van der Waals surface area (Å²) in [6, 6.07) is 18.9. The van der Waals surface area contributed by atoms with Crippen LogP contribution in [0.15, 0.2) is 60.7 Å². The smallest absolute Gasteiger partial charge is 0.335 e. The van der Waals surface area contributed by atoms with E-state index < -0.39 is 5.97 Å². The minimum absolute atomic E-state index is 0.250. The number of methoxy groups -OCH3 is 1. The molecule has 0 aliphatic carbocycles. The molecule has 3 aromatic rings. The molecule has 3 aromatic carbocycles. The van der Waals surface area contributed by atoms with Crippen molar-refractivity contribution >= 4 is 11.7 Å². The van der Waals surface area contributed by atoms with Crippen molar-refractivity contribution in [3.05, 3.63) is 88.5 Å². The SMILES string of the molecule is COc1cccc(CNc2cc(C(=O)O)ccc2C)c1OCc1ccccc1C. The van der Waals surface area contributed by atoms with Gasteiger partial charge in [-0.1, -0.05) is 42.5 Å². The van der Waals surface area contributed by atoms with E-state index in [1.165, 1.54) is 5.56 Å². The molecule has 0 atom stereocenters. The minimum Gasteiger partial charge on any atom is -0.493 e. The van der Waals surface area contributed by atoms with Crippen LogP contribution in [0.25, 0.3) is 0 Å². The van der Waals surface area contributed by atoms with Gasteiger partial charge in [-0.25, -0.2) is 4.79 Å². The van der Waals surface area contributed by atoms with Gasteiger partial charge in [0.2, 0.25) is 0 Å². The number of ether oxygens (including phenoxy) is 2. The van der Waals surface area contributed by atoms with Crippen LogP contribution in [0.3, 0.4) is 0 Å². The molecule has 2 N–H and O–H groups in total. The van der Waals surface area contributed by atoms with Crippen molar-refractivity contribution in [2.75, 3.05) is 12.4 Å². The second kappa shape index (κ2) is 9.15. The van der Waals surface area contributed by atoms with Crippen molar-refractivity contribution in [1.29, 1.82) is 0 Å². The molecule has 0 amide bonds. The number of aromatic carboxylic acids is 1. The van der Waals surface area contributed by atoms with Gasteiger partial charge < -0.3 is 19.9 Å². The number of hydrogen-bond donors (Lipinski definition) is 2. The van der Waals surface area contributed by atoms with Crippen LogP contribution in [-0.2, 0) is 13.2 Å². The zero-order valence-electron chi connectivity index (χ0n) is 16.9. The molecule has 0 saturated carbocycles. The van der Waals surface area contributed by atoms with E-state index in [0.29, 0.717) is 24.7 Å². The highest BCUT2D eigenvalue weighted by molar-refractivity contribution is 5.89. The standard InChI is InChI=1S/C24H25NO4/c1-16-7-4-5-8-20(16)15-29-23-19(9-6-10-22(23)28-3)14-25-21-13-18(24(26)27)12-11-17(21)2/h4-13,25H,14-15H2,1-3H3,(H,26,27). The summed E-state index contributed by atoms with van der Waals surface area (Å²) >= 11 is 0. The van der Waals surface area contributed by atoms with Crippen molar-refractivity contribution < 1.29 is 19.4 Å². The average Bonchev–Trinajstić information content (AvgIpc) is 2.72. The number of anilines is 1. The molecule has 0 aromatic heterocycles. The maximum Gasteiger partial charge on any atom is 0.335 e. The van der Waals surface area contributed by atoms with Crippen molar-refractivity contribution in [3.63, 3.8) is 0 Å². The highest BCUT2D eigenvalue weighted by atomic mass is 16.5. The van der Waals surface area contributed by atoms with Gasteiger partial charge in [-0.3, -0.25) is 0 Å². The molecule has 0 fully saturated rings.